The molecule has 0 bridgehead atoms. The number of carbonyl (C=O) groups is 2. The van der Waals surface area contributed by atoms with E-state index in [0.29, 0.717) is 38.9 Å². The summed E-state index contributed by atoms with van der Waals surface area (Å²) < 4.78 is 5.33. The molecule has 1 heterocycles. The van der Waals surface area contributed by atoms with Crippen LogP contribution in [0.3, 0.4) is 0 Å². The number of nitrogens with zero attached hydrogens (tertiary/aromatic N) is 2. The average molecular weight is 466 g/mol. The van der Waals surface area contributed by atoms with Crippen molar-refractivity contribution in [2.24, 2.45) is 4.99 Å². The van der Waals surface area contributed by atoms with Crippen LogP contribution in [0.25, 0.3) is 0 Å². The number of amidine groups is 1. The lowest BCUT2D eigenvalue weighted by Gasteiger charge is -2.14. The normalized spacial score (nSPS) is 17.5. The van der Waals surface area contributed by atoms with E-state index in [9.17, 15) is 9.59 Å². The van der Waals surface area contributed by atoms with Crippen LogP contribution in [0.4, 0.5) is 11.4 Å². The van der Waals surface area contributed by atoms with Crippen LogP contribution in [0, 0.1) is 6.92 Å². The highest BCUT2D eigenvalue weighted by Gasteiger charge is 2.38. The van der Waals surface area contributed by atoms with E-state index >= 15 is 0 Å². The molecule has 1 N–H and O–H groups in total. The fourth-order valence-electron chi connectivity index (χ4n) is 2.98. The standard InChI is InChI=1S/C21H21Cl2N3O3S/c1-4-26-20(28)18(11-19(27)24-15-7-5-6-14(23)12(15)2)30-21(26)25-16-10-13(22)8-9-17(16)29-3/h5-10,18H,4,11H2,1-3H3,(H,24,27)/t18-/m1/s1. The molecule has 1 aliphatic rings. The van der Waals surface area contributed by atoms with Gasteiger partial charge in [0, 0.05) is 28.7 Å². The van der Waals surface area contributed by atoms with Gasteiger partial charge in [-0.15, -0.1) is 0 Å². The number of thioether (sulfide) groups is 1. The van der Waals surface area contributed by atoms with Crippen LogP contribution in [0.5, 0.6) is 5.75 Å². The highest BCUT2D eigenvalue weighted by molar-refractivity contribution is 8.15. The molecule has 1 fully saturated rings. The molecule has 158 valence electrons. The first-order valence-corrected chi connectivity index (χ1v) is 10.9. The van der Waals surface area contributed by atoms with Gasteiger partial charge in [-0.05, 0) is 49.7 Å². The van der Waals surface area contributed by atoms with Gasteiger partial charge in [-0.25, -0.2) is 4.99 Å². The van der Waals surface area contributed by atoms with E-state index in [4.69, 9.17) is 27.9 Å². The summed E-state index contributed by atoms with van der Waals surface area (Å²) in [5.74, 6) is 0.137. The minimum atomic E-state index is -0.562. The van der Waals surface area contributed by atoms with Crippen molar-refractivity contribution in [3.05, 3.63) is 52.0 Å². The van der Waals surface area contributed by atoms with Gasteiger partial charge >= 0.3 is 0 Å². The Hall–Kier alpha value is -2.22. The first kappa shape index (κ1) is 22.5. The van der Waals surface area contributed by atoms with Crippen molar-refractivity contribution in [1.29, 1.82) is 0 Å². The fourth-order valence-corrected chi connectivity index (χ4v) is 4.54. The van der Waals surface area contributed by atoms with E-state index < -0.39 is 5.25 Å². The van der Waals surface area contributed by atoms with E-state index in [1.807, 2.05) is 13.8 Å². The molecule has 1 aliphatic heterocycles. The number of halogens is 2. The van der Waals surface area contributed by atoms with E-state index in [1.165, 1.54) is 11.8 Å². The molecule has 3 rings (SSSR count). The topological polar surface area (TPSA) is 71.0 Å². The highest BCUT2D eigenvalue weighted by atomic mass is 35.5. The highest BCUT2D eigenvalue weighted by Crippen LogP contribution is 2.36. The molecule has 2 amide bonds. The van der Waals surface area contributed by atoms with Crippen molar-refractivity contribution in [3.63, 3.8) is 0 Å². The second-order valence-corrected chi connectivity index (χ2v) is 8.58. The predicted molar refractivity (Wildman–Crippen MR) is 123 cm³/mol. The Morgan fingerprint density at radius 1 is 1.30 bits per heavy atom. The summed E-state index contributed by atoms with van der Waals surface area (Å²) in [7, 11) is 1.54. The van der Waals surface area contributed by atoms with E-state index in [2.05, 4.69) is 10.3 Å². The summed E-state index contributed by atoms with van der Waals surface area (Å²) in [6, 6.07) is 10.4. The first-order chi connectivity index (χ1) is 14.3. The molecule has 9 heteroatoms. The largest absolute Gasteiger partial charge is 0.494 e. The Morgan fingerprint density at radius 3 is 2.77 bits per heavy atom. The van der Waals surface area contributed by atoms with Gasteiger partial charge < -0.3 is 10.1 Å². The first-order valence-electron chi connectivity index (χ1n) is 9.29. The molecule has 2 aromatic rings. The molecule has 6 nitrogen and oxygen atoms in total. The van der Waals surface area contributed by atoms with Gasteiger partial charge in [0.1, 0.15) is 16.7 Å². The van der Waals surface area contributed by atoms with Crippen LogP contribution in [-0.2, 0) is 9.59 Å². The summed E-state index contributed by atoms with van der Waals surface area (Å²) in [5, 5.41) is 3.87. The summed E-state index contributed by atoms with van der Waals surface area (Å²) in [5.41, 5.74) is 1.94. The van der Waals surface area contributed by atoms with Crippen molar-refractivity contribution in [1.82, 2.24) is 4.90 Å². The lowest BCUT2D eigenvalue weighted by Crippen LogP contribution is -2.33. The molecular formula is C21H21Cl2N3O3S. The van der Waals surface area contributed by atoms with Gasteiger partial charge in [0.05, 0.1) is 7.11 Å². The lowest BCUT2D eigenvalue weighted by atomic mass is 10.2. The molecule has 0 spiro atoms. The molecule has 30 heavy (non-hydrogen) atoms. The molecule has 1 atom stereocenters. The molecule has 2 aromatic carbocycles. The van der Waals surface area contributed by atoms with Crippen molar-refractivity contribution in [2.75, 3.05) is 19.0 Å². The van der Waals surface area contributed by atoms with Crippen molar-refractivity contribution in [3.8, 4) is 5.75 Å². The maximum atomic E-state index is 12.8. The SMILES string of the molecule is CCN1C(=O)[C@@H](CC(=O)Nc2cccc(Cl)c2C)SC1=Nc1cc(Cl)ccc1OC. The Bertz CT molecular complexity index is 1010. The number of hydrogen-bond donors (Lipinski definition) is 1. The molecule has 0 saturated carbocycles. The van der Waals surface area contributed by atoms with Crippen LogP contribution >= 0.6 is 35.0 Å². The van der Waals surface area contributed by atoms with Gasteiger partial charge in [0.15, 0.2) is 5.17 Å². The smallest absolute Gasteiger partial charge is 0.242 e. The summed E-state index contributed by atoms with van der Waals surface area (Å²) in [6.45, 7) is 4.13. The van der Waals surface area contributed by atoms with E-state index in [1.54, 1.807) is 48.4 Å². The summed E-state index contributed by atoms with van der Waals surface area (Å²) >= 11 is 13.4. The molecule has 0 radical (unpaired) electrons. The number of anilines is 1. The average Bonchev–Trinajstić information content (AvgIpc) is 2.99. The minimum Gasteiger partial charge on any atom is -0.494 e. The molecular weight excluding hydrogens is 445 g/mol. The van der Waals surface area contributed by atoms with Gasteiger partial charge in [0.25, 0.3) is 0 Å². The number of aliphatic imine (C=N–C) groups is 1. The van der Waals surface area contributed by atoms with Crippen LogP contribution < -0.4 is 10.1 Å². The van der Waals surface area contributed by atoms with Crippen molar-refractivity contribution >= 4 is 63.3 Å². The number of nitrogens with one attached hydrogen (secondary N) is 1. The van der Waals surface area contributed by atoms with Crippen LogP contribution in [-0.4, -0.2) is 40.8 Å². The number of methoxy groups -OCH3 is 1. The summed E-state index contributed by atoms with van der Waals surface area (Å²) in [4.78, 5) is 31.5. The van der Waals surface area contributed by atoms with Crippen molar-refractivity contribution in [2.45, 2.75) is 25.5 Å². The van der Waals surface area contributed by atoms with Crippen LogP contribution in [0.1, 0.15) is 18.9 Å². The van der Waals surface area contributed by atoms with E-state index in [0.717, 1.165) is 5.56 Å². The fraction of sp³-hybridized carbons (Fsp3) is 0.286. The Kier molecular flexibility index (Phi) is 7.28. The molecule has 0 aliphatic carbocycles. The zero-order chi connectivity index (χ0) is 21.8. The Morgan fingerprint density at radius 2 is 2.07 bits per heavy atom. The molecule has 0 unspecified atom stereocenters. The van der Waals surface area contributed by atoms with Gasteiger partial charge in [-0.2, -0.15) is 0 Å². The number of amides is 2. The number of hydrogen-bond acceptors (Lipinski definition) is 5. The predicted octanol–water partition coefficient (Wildman–Crippen LogP) is 5.29. The number of carbonyl (C=O) groups excluding carboxylic acids is 2. The molecule has 0 aromatic heterocycles. The van der Waals surface area contributed by atoms with Crippen molar-refractivity contribution < 1.29 is 14.3 Å². The van der Waals surface area contributed by atoms with Crippen LogP contribution in [0.2, 0.25) is 10.0 Å². The molecule has 1 saturated heterocycles. The van der Waals surface area contributed by atoms with Gasteiger partial charge in [-0.3, -0.25) is 14.5 Å². The quantitative estimate of drug-likeness (QED) is 0.628. The zero-order valence-electron chi connectivity index (χ0n) is 16.7. The maximum absolute atomic E-state index is 12.8. The monoisotopic (exact) mass is 465 g/mol. The Labute approximate surface area is 189 Å². The van der Waals surface area contributed by atoms with Gasteiger partial charge in [0.2, 0.25) is 11.8 Å². The zero-order valence-corrected chi connectivity index (χ0v) is 19.1. The van der Waals surface area contributed by atoms with Gasteiger partial charge in [-0.1, -0.05) is 41.0 Å². The third-order valence-corrected chi connectivity index (χ3v) is 6.43. The second kappa shape index (κ2) is 9.73. The number of rotatable bonds is 6. The maximum Gasteiger partial charge on any atom is 0.242 e. The second-order valence-electron chi connectivity index (χ2n) is 6.56. The lowest BCUT2D eigenvalue weighted by molar-refractivity contribution is -0.128. The Balaban J connectivity index is 1.78. The van der Waals surface area contributed by atoms with Crippen LogP contribution in [0.15, 0.2) is 41.4 Å². The third-order valence-electron chi connectivity index (χ3n) is 4.61. The summed E-state index contributed by atoms with van der Waals surface area (Å²) in [6.07, 6.45) is 0.0255. The van der Waals surface area contributed by atoms with E-state index in [-0.39, 0.29) is 18.2 Å². The minimum absolute atomic E-state index is 0.0255. The number of benzene rings is 2. The number of ether oxygens (including phenoxy) is 1. The third kappa shape index (κ3) is 4.91.